The first-order valence-electron chi connectivity index (χ1n) is 27.5. The monoisotopic (exact) mass is 871 g/mol. The molecule has 0 heterocycles. The molecule has 0 radical (unpaired) electrons. The summed E-state index contributed by atoms with van der Waals surface area (Å²) in [6.45, 7) is 7.77. The third-order valence-electron chi connectivity index (χ3n) is 12.2. The average Bonchev–Trinajstić information content (AvgIpc) is 3.27. The largest absolute Gasteiger partial charge is 0.462 e. The smallest absolute Gasteiger partial charge is 0.306 e. The van der Waals surface area contributed by atoms with E-state index in [1.807, 2.05) is 0 Å². The third-order valence-corrected chi connectivity index (χ3v) is 12.2. The fourth-order valence-electron chi connectivity index (χ4n) is 8.12. The summed E-state index contributed by atoms with van der Waals surface area (Å²) < 4.78 is 17.5. The topological polar surface area (TPSA) is 61.8 Å². The maximum atomic E-state index is 12.8. The van der Waals surface area contributed by atoms with Gasteiger partial charge in [-0.3, -0.25) is 9.59 Å². The summed E-state index contributed by atoms with van der Waals surface area (Å²) >= 11 is 0. The SMILES string of the molecule is CC/C=C\C/C=C\C/C=C\CCCCCCCCCC(=O)OCC(COCCCCCCCCCCCCCCCC)OC(=O)CCCCCCCCCCCCCCCCC. The Labute approximate surface area is 387 Å². The molecule has 1 unspecified atom stereocenters. The summed E-state index contributed by atoms with van der Waals surface area (Å²) in [4.78, 5) is 25.5. The maximum Gasteiger partial charge on any atom is 0.306 e. The molecule has 0 aromatic rings. The summed E-state index contributed by atoms with van der Waals surface area (Å²) in [7, 11) is 0. The van der Waals surface area contributed by atoms with E-state index in [0.717, 1.165) is 64.2 Å². The zero-order valence-electron chi connectivity index (χ0n) is 41.9. The lowest BCUT2D eigenvalue weighted by Crippen LogP contribution is -2.30. The van der Waals surface area contributed by atoms with Crippen molar-refractivity contribution in [3.63, 3.8) is 0 Å². The van der Waals surface area contributed by atoms with E-state index in [2.05, 4.69) is 57.2 Å². The fraction of sp³-hybridized carbons (Fsp3) is 0.860. The molecule has 0 saturated heterocycles. The van der Waals surface area contributed by atoms with Gasteiger partial charge in [-0.1, -0.05) is 263 Å². The number of hydrogen-bond donors (Lipinski definition) is 0. The summed E-state index contributed by atoms with van der Waals surface area (Å²) in [5.74, 6) is -0.389. The predicted molar refractivity (Wildman–Crippen MR) is 270 cm³/mol. The Morgan fingerprint density at radius 2 is 0.726 bits per heavy atom. The number of carbonyl (C=O) groups is 2. The van der Waals surface area contributed by atoms with Gasteiger partial charge in [-0.2, -0.15) is 0 Å². The molecule has 62 heavy (non-hydrogen) atoms. The van der Waals surface area contributed by atoms with Crippen LogP contribution in [0.25, 0.3) is 0 Å². The van der Waals surface area contributed by atoms with Gasteiger partial charge in [0.15, 0.2) is 6.10 Å². The molecule has 364 valence electrons. The van der Waals surface area contributed by atoms with Gasteiger partial charge in [0, 0.05) is 19.4 Å². The van der Waals surface area contributed by atoms with Crippen molar-refractivity contribution >= 4 is 11.9 Å². The van der Waals surface area contributed by atoms with E-state index >= 15 is 0 Å². The normalized spacial score (nSPS) is 12.4. The van der Waals surface area contributed by atoms with E-state index in [4.69, 9.17) is 14.2 Å². The molecule has 0 rings (SSSR count). The third kappa shape index (κ3) is 50.8. The molecular formula is C57H106O5. The van der Waals surface area contributed by atoms with Gasteiger partial charge in [-0.15, -0.1) is 0 Å². The van der Waals surface area contributed by atoms with Gasteiger partial charge < -0.3 is 14.2 Å². The number of allylic oxidation sites excluding steroid dienone is 6. The number of unbranched alkanes of at least 4 members (excludes halogenated alkanes) is 34. The van der Waals surface area contributed by atoms with Crippen LogP contribution >= 0.6 is 0 Å². The first-order valence-corrected chi connectivity index (χ1v) is 27.5. The van der Waals surface area contributed by atoms with Crippen molar-refractivity contribution in [2.75, 3.05) is 19.8 Å². The van der Waals surface area contributed by atoms with E-state index in [-0.39, 0.29) is 18.5 Å². The van der Waals surface area contributed by atoms with Crippen LogP contribution in [0.5, 0.6) is 0 Å². The molecule has 0 amide bonds. The van der Waals surface area contributed by atoms with E-state index < -0.39 is 6.10 Å². The Morgan fingerprint density at radius 1 is 0.371 bits per heavy atom. The van der Waals surface area contributed by atoms with Crippen molar-refractivity contribution in [2.24, 2.45) is 0 Å². The Bertz CT molecular complexity index is 986. The van der Waals surface area contributed by atoms with Crippen LogP contribution in [-0.2, 0) is 23.8 Å². The molecular weight excluding hydrogens is 765 g/mol. The fourth-order valence-corrected chi connectivity index (χ4v) is 8.12. The Kier molecular flexibility index (Phi) is 51.8. The van der Waals surface area contributed by atoms with E-state index in [1.165, 1.54) is 193 Å². The molecule has 0 bridgehead atoms. The highest BCUT2D eigenvalue weighted by Crippen LogP contribution is 2.16. The minimum Gasteiger partial charge on any atom is -0.462 e. The van der Waals surface area contributed by atoms with Crippen LogP contribution < -0.4 is 0 Å². The number of esters is 2. The zero-order chi connectivity index (χ0) is 44.9. The van der Waals surface area contributed by atoms with Crippen molar-refractivity contribution in [1.82, 2.24) is 0 Å². The van der Waals surface area contributed by atoms with Crippen molar-refractivity contribution in [1.29, 1.82) is 0 Å². The lowest BCUT2D eigenvalue weighted by molar-refractivity contribution is -0.163. The minimum atomic E-state index is -0.534. The van der Waals surface area contributed by atoms with Gasteiger partial charge in [0.2, 0.25) is 0 Å². The van der Waals surface area contributed by atoms with Crippen LogP contribution in [0.2, 0.25) is 0 Å². The number of carbonyl (C=O) groups excluding carboxylic acids is 2. The van der Waals surface area contributed by atoms with Gasteiger partial charge in [-0.05, 0) is 51.4 Å². The van der Waals surface area contributed by atoms with Crippen LogP contribution in [0.4, 0.5) is 0 Å². The second kappa shape index (κ2) is 53.5. The first-order chi connectivity index (χ1) is 30.6. The number of rotatable bonds is 51. The molecule has 0 aromatic heterocycles. The van der Waals surface area contributed by atoms with Gasteiger partial charge in [0.1, 0.15) is 6.61 Å². The molecule has 0 aliphatic heterocycles. The van der Waals surface area contributed by atoms with Crippen molar-refractivity contribution in [2.45, 2.75) is 297 Å². The summed E-state index contributed by atoms with van der Waals surface area (Å²) in [5.41, 5.74) is 0. The minimum absolute atomic E-state index is 0.0865. The molecule has 0 aromatic carbocycles. The summed E-state index contributed by atoms with van der Waals surface area (Å²) in [5, 5.41) is 0. The first kappa shape index (κ1) is 60.1. The quantitative estimate of drug-likeness (QED) is 0.0346. The van der Waals surface area contributed by atoms with E-state index in [1.54, 1.807) is 0 Å². The standard InChI is InChI=1S/C57H106O5/c1-4-7-10-13-16-19-22-25-28-29-31-32-35-38-41-44-47-50-56(58)61-54-55(53-60-52-49-46-43-40-37-34-27-24-21-18-15-12-9-6-3)62-57(59)51-48-45-42-39-36-33-30-26-23-20-17-14-11-8-5-2/h7,10,16,19,25,28,55H,4-6,8-9,11-15,17-18,20-24,26-27,29-54H2,1-3H3/b10-7-,19-16-,28-25-. The Balaban J connectivity index is 4.23. The van der Waals surface area contributed by atoms with Crippen LogP contribution in [0.1, 0.15) is 290 Å². The van der Waals surface area contributed by atoms with Crippen molar-refractivity contribution < 1.29 is 23.8 Å². The second-order valence-corrected chi connectivity index (χ2v) is 18.5. The van der Waals surface area contributed by atoms with Crippen LogP contribution in [0, 0.1) is 0 Å². The lowest BCUT2D eigenvalue weighted by Gasteiger charge is -2.18. The zero-order valence-corrected chi connectivity index (χ0v) is 41.9. The maximum absolute atomic E-state index is 12.8. The van der Waals surface area contributed by atoms with Crippen LogP contribution in [0.3, 0.4) is 0 Å². The van der Waals surface area contributed by atoms with Gasteiger partial charge in [-0.25, -0.2) is 0 Å². The van der Waals surface area contributed by atoms with E-state index in [0.29, 0.717) is 26.1 Å². The van der Waals surface area contributed by atoms with Gasteiger partial charge in [0.25, 0.3) is 0 Å². The Hall–Kier alpha value is -1.88. The molecule has 5 heteroatoms. The lowest BCUT2D eigenvalue weighted by atomic mass is 10.0. The van der Waals surface area contributed by atoms with Gasteiger partial charge >= 0.3 is 11.9 Å². The molecule has 0 aliphatic rings. The van der Waals surface area contributed by atoms with E-state index in [9.17, 15) is 9.59 Å². The molecule has 5 nitrogen and oxygen atoms in total. The van der Waals surface area contributed by atoms with Crippen molar-refractivity contribution in [3.05, 3.63) is 36.5 Å². The highest BCUT2D eigenvalue weighted by Gasteiger charge is 2.17. The van der Waals surface area contributed by atoms with Gasteiger partial charge in [0.05, 0.1) is 6.61 Å². The molecule has 1 atom stereocenters. The Morgan fingerprint density at radius 3 is 1.16 bits per heavy atom. The van der Waals surface area contributed by atoms with Crippen molar-refractivity contribution in [3.8, 4) is 0 Å². The summed E-state index contributed by atoms with van der Waals surface area (Å²) in [6, 6.07) is 0. The molecule has 0 saturated carbocycles. The second-order valence-electron chi connectivity index (χ2n) is 18.5. The average molecular weight is 871 g/mol. The molecule has 0 aliphatic carbocycles. The molecule has 0 spiro atoms. The highest BCUT2D eigenvalue weighted by atomic mass is 16.6. The van der Waals surface area contributed by atoms with Crippen LogP contribution in [0.15, 0.2) is 36.5 Å². The number of ether oxygens (including phenoxy) is 3. The highest BCUT2D eigenvalue weighted by molar-refractivity contribution is 5.70. The van der Waals surface area contributed by atoms with Crippen LogP contribution in [-0.4, -0.2) is 37.9 Å². The predicted octanol–water partition coefficient (Wildman–Crippen LogP) is 18.6. The molecule has 0 fully saturated rings. The summed E-state index contributed by atoms with van der Waals surface area (Å²) in [6.07, 6.45) is 64.4. The number of hydrogen-bond acceptors (Lipinski definition) is 5. The molecule has 0 N–H and O–H groups in total.